The van der Waals surface area contributed by atoms with Gasteiger partial charge in [0.1, 0.15) is 0 Å². The lowest BCUT2D eigenvalue weighted by Gasteiger charge is -2.15. The quantitative estimate of drug-likeness (QED) is 0.885. The summed E-state index contributed by atoms with van der Waals surface area (Å²) in [4.78, 5) is 11.0. The van der Waals surface area contributed by atoms with Gasteiger partial charge < -0.3 is 5.11 Å². The van der Waals surface area contributed by atoms with Crippen LogP contribution in [0.3, 0.4) is 0 Å². The summed E-state index contributed by atoms with van der Waals surface area (Å²) in [5.74, 6) is -1.16. The van der Waals surface area contributed by atoms with Crippen molar-refractivity contribution < 1.29 is 18.3 Å². The van der Waals surface area contributed by atoms with Crippen molar-refractivity contribution in [2.45, 2.75) is 24.8 Å². The van der Waals surface area contributed by atoms with Crippen LogP contribution in [0.25, 0.3) is 0 Å². The third-order valence-corrected chi connectivity index (χ3v) is 5.48. The van der Waals surface area contributed by atoms with E-state index in [9.17, 15) is 13.2 Å². The van der Waals surface area contributed by atoms with Crippen molar-refractivity contribution >= 4 is 27.3 Å². The molecule has 0 saturated carbocycles. The molecule has 1 atom stereocenters. The first-order valence-corrected chi connectivity index (χ1v) is 8.62. The zero-order valence-corrected chi connectivity index (χ0v) is 13.2. The zero-order chi connectivity index (χ0) is 15.6. The molecule has 0 fully saturated rings. The van der Waals surface area contributed by atoms with Crippen molar-refractivity contribution in [3.8, 4) is 0 Å². The topological polar surface area (TPSA) is 83.5 Å². The lowest BCUT2D eigenvalue weighted by Crippen LogP contribution is -2.27. The summed E-state index contributed by atoms with van der Waals surface area (Å²) in [7, 11) is -3.78. The Bertz CT molecular complexity index is 751. The Morgan fingerprint density at radius 2 is 2.05 bits per heavy atom. The molecule has 0 aliphatic heterocycles. The Morgan fingerprint density at radius 1 is 1.33 bits per heavy atom. The molecule has 0 amide bonds. The van der Waals surface area contributed by atoms with Crippen LogP contribution in [0.4, 0.5) is 0 Å². The van der Waals surface area contributed by atoms with Gasteiger partial charge in [0.05, 0.1) is 10.5 Å². The largest absolute Gasteiger partial charge is 0.478 e. The lowest BCUT2D eigenvalue weighted by atomic mass is 10.1. The second-order valence-corrected chi connectivity index (χ2v) is 7.15. The number of nitrogens with one attached hydrogen (secondary N) is 1. The van der Waals surface area contributed by atoms with Gasteiger partial charge in [0.2, 0.25) is 10.0 Å². The van der Waals surface area contributed by atoms with E-state index in [0.29, 0.717) is 5.56 Å². The number of hydrogen-bond donors (Lipinski definition) is 2. The highest BCUT2D eigenvalue weighted by Gasteiger charge is 2.22. The Labute approximate surface area is 127 Å². The predicted molar refractivity (Wildman–Crippen MR) is 81.2 cm³/mol. The minimum Gasteiger partial charge on any atom is -0.478 e. The van der Waals surface area contributed by atoms with Crippen LogP contribution in [0.15, 0.2) is 39.9 Å². The maximum Gasteiger partial charge on any atom is 0.335 e. The van der Waals surface area contributed by atoms with Crippen LogP contribution in [0, 0.1) is 6.92 Å². The average Bonchev–Trinajstić information content (AvgIpc) is 2.92. The standard InChI is InChI=1S/C14H15NO4S2/c1-9-3-4-11(14(16)17)7-13(9)21(18,19)15-10(2)12-5-6-20-8-12/h3-8,10,15H,1-2H3,(H,16,17). The van der Waals surface area contributed by atoms with Gasteiger partial charge in [0.15, 0.2) is 0 Å². The van der Waals surface area contributed by atoms with Crippen molar-refractivity contribution in [2.24, 2.45) is 0 Å². The first kappa shape index (κ1) is 15.7. The van der Waals surface area contributed by atoms with E-state index in [1.807, 2.05) is 16.8 Å². The minimum atomic E-state index is -3.78. The summed E-state index contributed by atoms with van der Waals surface area (Å²) in [6.45, 7) is 3.38. The Hall–Kier alpha value is -1.70. The van der Waals surface area contributed by atoms with Gasteiger partial charge in [-0.25, -0.2) is 17.9 Å². The predicted octanol–water partition coefficient (Wildman–Crippen LogP) is 2.79. The number of aryl methyl sites for hydroxylation is 1. The molecule has 0 bridgehead atoms. The fourth-order valence-corrected chi connectivity index (χ4v) is 4.16. The van der Waals surface area contributed by atoms with Crippen molar-refractivity contribution in [1.82, 2.24) is 4.72 Å². The molecule has 0 aliphatic carbocycles. The summed E-state index contributed by atoms with van der Waals surface area (Å²) in [5.41, 5.74) is 1.32. The number of carboxylic acid groups (broad SMARTS) is 1. The summed E-state index contributed by atoms with van der Waals surface area (Å²) in [6, 6.07) is 5.53. The van der Waals surface area contributed by atoms with E-state index in [1.54, 1.807) is 13.8 Å². The van der Waals surface area contributed by atoms with Gasteiger partial charge in [-0.2, -0.15) is 11.3 Å². The number of hydrogen-bond acceptors (Lipinski definition) is 4. The van der Waals surface area contributed by atoms with E-state index in [-0.39, 0.29) is 16.5 Å². The molecular formula is C14H15NO4S2. The molecule has 2 rings (SSSR count). The van der Waals surface area contributed by atoms with Crippen LogP contribution < -0.4 is 4.72 Å². The number of carboxylic acids is 1. The first-order valence-electron chi connectivity index (χ1n) is 6.19. The molecule has 2 aromatic rings. The van der Waals surface area contributed by atoms with E-state index in [0.717, 1.165) is 5.56 Å². The van der Waals surface area contributed by atoms with Crippen LogP contribution in [0.1, 0.15) is 34.5 Å². The molecule has 0 radical (unpaired) electrons. The molecule has 1 aromatic carbocycles. The van der Waals surface area contributed by atoms with Gasteiger partial charge in [0.25, 0.3) is 0 Å². The van der Waals surface area contributed by atoms with Gasteiger partial charge >= 0.3 is 5.97 Å². The van der Waals surface area contributed by atoms with Gasteiger partial charge in [0, 0.05) is 6.04 Å². The maximum absolute atomic E-state index is 12.4. The third kappa shape index (κ3) is 3.49. The van der Waals surface area contributed by atoms with Gasteiger partial charge in [-0.3, -0.25) is 0 Å². The SMILES string of the molecule is Cc1ccc(C(=O)O)cc1S(=O)(=O)NC(C)c1ccsc1. The molecule has 112 valence electrons. The highest BCUT2D eigenvalue weighted by molar-refractivity contribution is 7.89. The van der Waals surface area contributed by atoms with Crippen molar-refractivity contribution in [3.05, 3.63) is 51.7 Å². The Balaban J connectivity index is 2.35. The smallest absolute Gasteiger partial charge is 0.335 e. The van der Waals surface area contributed by atoms with E-state index in [2.05, 4.69) is 4.72 Å². The summed E-state index contributed by atoms with van der Waals surface area (Å²) >= 11 is 1.49. The van der Waals surface area contributed by atoms with Crippen LogP contribution in [0.5, 0.6) is 0 Å². The zero-order valence-electron chi connectivity index (χ0n) is 11.5. The van der Waals surface area contributed by atoms with Gasteiger partial charge in [-0.05, 0) is 53.9 Å². The Kier molecular flexibility index (Phi) is 4.46. The number of rotatable bonds is 5. The Morgan fingerprint density at radius 3 is 2.62 bits per heavy atom. The van der Waals surface area contributed by atoms with Crippen molar-refractivity contribution in [2.75, 3.05) is 0 Å². The monoisotopic (exact) mass is 325 g/mol. The summed E-state index contributed by atoms with van der Waals surface area (Å²) in [5, 5.41) is 12.7. The van der Waals surface area contributed by atoms with Crippen LogP contribution >= 0.6 is 11.3 Å². The molecule has 2 N–H and O–H groups in total. The van der Waals surface area contributed by atoms with Crippen LogP contribution in [0.2, 0.25) is 0 Å². The van der Waals surface area contributed by atoms with E-state index in [4.69, 9.17) is 5.11 Å². The number of thiophene rings is 1. The van der Waals surface area contributed by atoms with Crippen molar-refractivity contribution in [1.29, 1.82) is 0 Å². The van der Waals surface area contributed by atoms with E-state index < -0.39 is 16.0 Å². The molecule has 7 heteroatoms. The molecule has 0 aliphatic rings. The highest BCUT2D eigenvalue weighted by atomic mass is 32.2. The van der Waals surface area contributed by atoms with E-state index in [1.165, 1.54) is 29.5 Å². The van der Waals surface area contributed by atoms with Crippen LogP contribution in [-0.2, 0) is 10.0 Å². The van der Waals surface area contributed by atoms with Crippen LogP contribution in [-0.4, -0.2) is 19.5 Å². The molecule has 5 nitrogen and oxygen atoms in total. The fourth-order valence-electron chi connectivity index (χ4n) is 1.91. The number of aromatic carboxylic acids is 1. The summed E-state index contributed by atoms with van der Waals surface area (Å²) in [6.07, 6.45) is 0. The second kappa shape index (κ2) is 5.97. The normalized spacial score (nSPS) is 13.0. The number of carbonyl (C=O) groups is 1. The molecule has 0 spiro atoms. The number of sulfonamides is 1. The summed E-state index contributed by atoms with van der Waals surface area (Å²) < 4.78 is 27.4. The molecule has 1 heterocycles. The van der Waals surface area contributed by atoms with Gasteiger partial charge in [-0.15, -0.1) is 0 Å². The average molecular weight is 325 g/mol. The third-order valence-electron chi connectivity index (χ3n) is 3.10. The fraction of sp³-hybridized carbons (Fsp3) is 0.214. The molecule has 0 saturated heterocycles. The lowest BCUT2D eigenvalue weighted by molar-refractivity contribution is 0.0696. The molecular weight excluding hydrogens is 310 g/mol. The maximum atomic E-state index is 12.4. The molecule has 1 unspecified atom stereocenters. The second-order valence-electron chi connectivity index (χ2n) is 4.69. The number of benzene rings is 1. The highest BCUT2D eigenvalue weighted by Crippen LogP contribution is 2.22. The van der Waals surface area contributed by atoms with Gasteiger partial charge in [-0.1, -0.05) is 6.07 Å². The first-order chi connectivity index (χ1) is 9.81. The minimum absolute atomic E-state index is 0.00974. The molecule has 21 heavy (non-hydrogen) atoms. The van der Waals surface area contributed by atoms with E-state index >= 15 is 0 Å². The van der Waals surface area contributed by atoms with Crippen molar-refractivity contribution in [3.63, 3.8) is 0 Å². The molecule has 1 aromatic heterocycles.